The lowest BCUT2D eigenvalue weighted by molar-refractivity contribution is -0.150. The lowest BCUT2D eigenvalue weighted by atomic mass is 10.2. The van der Waals surface area contributed by atoms with E-state index in [1.165, 1.54) is 13.0 Å². The minimum Gasteiger partial charge on any atom is -0.490 e. The first-order valence-electron chi connectivity index (χ1n) is 7.18. The SMILES string of the molecule is C=CCNC(=O)C(C)OC(=O)/C=C/c1ccc(OCC=C)cc1. The Morgan fingerprint density at radius 3 is 2.52 bits per heavy atom. The van der Waals surface area contributed by atoms with Crippen molar-refractivity contribution in [1.29, 1.82) is 0 Å². The number of ether oxygens (including phenoxy) is 2. The van der Waals surface area contributed by atoms with Crippen molar-refractivity contribution < 1.29 is 19.1 Å². The smallest absolute Gasteiger partial charge is 0.331 e. The molecule has 5 heteroatoms. The summed E-state index contributed by atoms with van der Waals surface area (Å²) in [6, 6.07) is 7.20. The van der Waals surface area contributed by atoms with Gasteiger partial charge in [-0.3, -0.25) is 4.79 Å². The van der Waals surface area contributed by atoms with Crippen LogP contribution in [0.15, 0.2) is 55.7 Å². The fourth-order valence-electron chi connectivity index (χ4n) is 1.58. The van der Waals surface area contributed by atoms with E-state index in [0.29, 0.717) is 13.2 Å². The van der Waals surface area contributed by atoms with Crippen LogP contribution in [0.25, 0.3) is 6.08 Å². The second-order valence-electron chi connectivity index (χ2n) is 4.61. The summed E-state index contributed by atoms with van der Waals surface area (Å²) in [5, 5.41) is 2.55. The lowest BCUT2D eigenvalue weighted by Crippen LogP contribution is -2.35. The molecule has 0 saturated carbocycles. The summed E-state index contributed by atoms with van der Waals surface area (Å²) in [6.07, 6.45) is 5.23. The fraction of sp³-hybridized carbons (Fsp3) is 0.222. The Kier molecular flexibility index (Phi) is 7.92. The molecule has 0 aliphatic carbocycles. The minimum absolute atomic E-state index is 0.330. The van der Waals surface area contributed by atoms with Crippen LogP contribution in [-0.4, -0.2) is 31.1 Å². The van der Waals surface area contributed by atoms with Crippen LogP contribution in [0, 0.1) is 0 Å². The number of carbonyl (C=O) groups excluding carboxylic acids is 2. The molecule has 0 aliphatic rings. The summed E-state index contributed by atoms with van der Waals surface area (Å²) in [4.78, 5) is 23.2. The van der Waals surface area contributed by atoms with Crippen LogP contribution in [0.1, 0.15) is 12.5 Å². The second-order valence-corrected chi connectivity index (χ2v) is 4.61. The molecule has 1 rings (SSSR count). The maximum Gasteiger partial charge on any atom is 0.331 e. The average Bonchev–Trinajstić information content (AvgIpc) is 2.56. The van der Waals surface area contributed by atoms with Gasteiger partial charge in [-0.15, -0.1) is 6.58 Å². The highest BCUT2D eigenvalue weighted by atomic mass is 16.5. The van der Waals surface area contributed by atoms with Gasteiger partial charge in [-0.2, -0.15) is 0 Å². The molecule has 122 valence electrons. The highest BCUT2D eigenvalue weighted by molar-refractivity contribution is 5.90. The Balaban J connectivity index is 2.49. The predicted octanol–water partition coefficient (Wildman–Crippen LogP) is 2.50. The van der Waals surface area contributed by atoms with Crippen LogP contribution < -0.4 is 10.1 Å². The first-order chi connectivity index (χ1) is 11.1. The number of benzene rings is 1. The van der Waals surface area contributed by atoms with Crippen molar-refractivity contribution in [3.8, 4) is 5.75 Å². The van der Waals surface area contributed by atoms with Crippen LogP contribution in [0.5, 0.6) is 5.75 Å². The molecular formula is C18H21NO4. The summed E-state index contributed by atoms with van der Waals surface area (Å²) in [6.45, 7) is 9.34. The van der Waals surface area contributed by atoms with Gasteiger partial charge in [0.15, 0.2) is 6.10 Å². The van der Waals surface area contributed by atoms with Crippen molar-refractivity contribution in [2.75, 3.05) is 13.2 Å². The van der Waals surface area contributed by atoms with E-state index in [1.807, 2.05) is 12.1 Å². The van der Waals surface area contributed by atoms with E-state index in [0.717, 1.165) is 11.3 Å². The maximum absolute atomic E-state index is 11.7. The molecule has 0 heterocycles. The van der Waals surface area contributed by atoms with Crippen LogP contribution >= 0.6 is 0 Å². The van der Waals surface area contributed by atoms with Gasteiger partial charge in [-0.25, -0.2) is 4.79 Å². The largest absolute Gasteiger partial charge is 0.490 e. The van der Waals surface area contributed by atoms with E-state index in [4.69, 9.17) is 9.47 Å². The molecule has 1 unspecified atom stereocenters. The first-order valence-corrected chi connectivity index (χ1v) is 7.18. The number of amides is 1. The van der Waals surface area contributed by atoms with E-state index < -0.39 is 12.1 Å². The zero-order chi connectivity index (χ0) is 17.1. The lowest BCUT2D eigenvalue weighted by Gasteiger charge is -2.11. The number of hydrogen-bond donors (Lipinski definition) is 1. The van der Waals surface area contributed by atoms with Crippen molar-refractivity contribution in [2.45, 2.75) is 13.0 Å². The zero-order valence-corrected chi connectivity index (χ0v) is 13.2. The summed E-state index contributed by atoms with van der Waals surface area (Å²) in [5.74, 6) is -0.231. The molecule has 0 bridgehead atoms. The number of rotatable bonds is 9. The van der Waals surface area contributed by atoms with Crippen LogP contribution in [0.4, 0.5) is 0 Å². The zero-order valence-electron chi connectivity index (χ0n) is 13.2. The average molecular weight is 315 g/mol. The molecule has 5 nitrogen and oxygen atoms in total. The van der Waals surface area contributed by atoms with Crippen molar-refractivity contribution in [3.63, 3.8) is 0 Å². The molecular weight excluding hydrogens is 294 g/mol. The third-order valence-corrected chi connectivity index (χ3v) is 2.74. The number of esters is 1. The van der Waals surface area contributed by atoms with E-state index >= 15 is 0 Å². The summed E-state index contributed by atoms with van der Waals surface area (Å²) >= 11 is 0. The van der Waals surface area contributed by atoms with Gasteiger partial charge < -0.3 is 14.8 Å². The van der Waals surface area contributed by atoms with E-state index in [2.05, 4.69) is 18.5 Å². The third kappa shape index (κ3) is 7.13. The Morgan fingerprint density at radius 1 is 1.22 bits per heavy atom. The van der Waals surface area contributed by atoms with Gasteiger partial charge in [-0.1, -0.05) is 30.9 Å². The summed E-state index contributed by atoms with van der Waals surface area (Å²) in [5.41, 5.74) is 0.816. The van der Waals surface area contributed by atoms with Gasteiger partial charge >= 0.3 is 5.97 Å². The van der Waals surface area contributed by atoms with E-state index in [-0.39, 0.29) is 5.91 Å². The highest BCUT2D eigenvalue weighted by Gasteiger charge is 2.15. The van der Waals surface area contributed by atoms with Gasteiger partial charge in [0.25, 0.3) is 5.91 Å². The van der Waals surface area contributed by atoms with Gasteiger partial charge in [-0.05, 0) is 30.7 Å². The topological polar surface area (TPSA) is 64.6 Å². The molecule has 23 heavy (non-hydrogen) atoms. The maximum atomic E-state index is 11.7. The second kappa shape index (κ2) is 10.00. The molecule has 0 fully saturated rings. The minimum atomic E-state index is -0.859. The molecule has 1 amide bonds. The third-order valence-electron chi connectivity index (χ3n) is 2.74. The number of hydrogen-bond acceptors (Lipinski definition) is 4. The number of carbonyl (C=O) groups is 2. The van der Waals surface area contributed by atoms with Crippen LogP contribution in [-0.2, 0) is 14.3 Å². The molecule has 1 aromatic rings. The van der Waals surface area contributed by atoms with Crippen molar-refractivity contribution >= 4 is 18.0 Å². The standard InChI is InChI=1S/C18H21NO4/c1-4-12-19-18(21)14(3)23-17(20)11-8-15-6-9-16(10-7-15)22-13-5-2/h4-11,14H,1-2,12-13H2,3H3,(H,19,21)/b11-8+. The molecule has 0 saturated heterocycles. The Bertz CT molecular complexity index is 575. The quantitative estimate of drug-likeness (QED) is 0.432. The molecule has 0 radical (unpaired) electrons. The van der Waals surface area contributed by atoms with Crippen molar-refractivity contribution in [1.82, 2.24) is 5.32 Å². The van der Waals surface area contributed by atoms with Gasteiger partial charge in [0.1, 0.15) is 12.4 Å². The van der Waals surface area contributed by atoms with E-state index in [1.54, 1.807) is 30.4 Å². The normalized spacial score (nSPS) is 11.5. The van der Waals surface area contributed by atoms with Crippen LogP contribution in [0.2, 0.25) is 0 Å². The van der Waals surface area contributed by atoms with Crippen LogP contribution in [0.3, 0.4) is 0 Å². The van der Waals surface area contributed by atoms with E-state index in [9.17, 15) is 9.59 Å². The molecule has 1 aromatic carbocycles. The molecule has 0 spiro atoms. The van der Waals surface area contributed by atoms with Gasteiger partial charge in [0.2, 0.25) is 0 Å². The van der Waals surface area contributed by atoms with Gasteiger partial charge in [0.05, 0.1) is 0 Å². The summed E-state index contributed by atoms with van der Waals surface area (Å²) in [7, 11) is 0. The molecule has 1 N–H and O–H groups in total. The molecule has 0 aromatic heterocycles. The Labute approximate surface area is 136 Å². The van der Waals surface area contributed by atoms with Crippen molar-refractivity contribution in [2.24, 2.45) is 0 Å². The monoisotopic (exact) mass is 315 g/mol. The fourth-order valence-corrected chi connectivity index (χ4v) is 1.58. The number of nitrogens with one attached hydrogen (secondary N) is 1. The first kappa shape index (κ1) is 18.2. The van der Waals surface area contributed by atoms with Gasteiger partial charge in [0, 0.05) is 12.6 Å². The molecule has 1 atom stereocenters. The predicted molar refractivity (Wildman–Crippen MR) is 89.9 cm³/mol. The Morgan fingerprint density at radius 2 is 1.91 bits per heavy atom. The Hall–Kier alpha value is -2.82. The molecule has 0 aliphatic heterocycles. The highest BCUT2D eigenvalue weighted by Crippen LogP contribution is 2.13. The van der Waals surface area contributed by atoms with Crippen molar-refractivity contribution in [3.05, 3.63) is 61.2 Å². The summed E-state index contributed by atoms with van der Waals surface area (Å²) < 4.78 is 10.4.